The van der Waals surface area contributed by atoms with Crippen LogP contribution in [0.2, 0.25) is 0 Å². The van der Waals surface area contributed by atoms with Gasteiger partial charge in [-0.05, 0) is 59.6 Å². The molecule has 2 N–H and O–H groups in total. The highest BCUT2D eigenvalue weighted by atomic mass is 79.9. The maximum Gasteiger partial charge on any atom is 0.335 e. The Morgan fingerprint density at radius 3 is 2.48 bits per heavy atom. The molecule has 5 heteroatoms. The Kier molecular flexibility index (Phi) is 4.43. The number of anilines is 1. The molecule has 2 aromatic carbocycles. The van der Waals surface area contributed by atoms with Crippen LogP contribution < -0.4 is 5.32 Å². The molecule has 2 aromatic rings. The summed E-state index contributed by atoms with van der Waals surface area (Å²) in [5.74, 6) is -1.30. The molecule has 21 heavy (non-hydrogen) atoms. The number of nitrogens with one attached hydrogen (secondary N) is 1. The van der Waals surface area contributed by atoms with Crippen LogP contribution in [0.4, 0.5) is 5.69 Å². The fourth-order valence-corrected chi connectivity index (χ4v) is 2.27. The molecule has 0 aliphatic rings. The monoisotopic (exact) mass is 347 g/mol. The van der Waals surface area contributed by atoms with Gasteiger partial charge in [-0.25, -0.2) is 4.79 Å². The van der Waals surface area contributed by atoms with E-state index in [1.54, 1.807) is 12.1 Å². The van der Waals surface area contributed by atoms with Gasteiger partial charge in [0.2, 0.25) is 0 Å². The zero-order valence-electron chi connectivity index (χ0n) is 11.6. The van der Waals surface area contributed by atoms with Gasteiger partial charge in [-0.3, -0.25) is 4.79 Å². The highest BCUT2D eigenvalue weighted by Crippen LogP contribution is 2.25. The number of halogens is 1. The van der Waals surface area contributed by atoms with Crippen LogP contribution in [-0.4, -0.2) is 17.0 Å². The summed E-state index contributed by atoms with van der Waals surface area (Å²) in [5.41, 5.74) is 2.98. The minimum atomic E-state index is -1.04. The molecular weight excluding hydrogens is 334 g/mol. The smallest absolute Gasteiger partial charge is 0.335 e. The van der Waals surface area contributed by atoms with Crippen LogP contribution in [0.25, 0.3) is 0 Å². The molecule has 0 heterocycles. The second-order valence-electron chi connectivity index (χ2n) is 4.77. The van der Waals surface area contributed by atoms with Crippen LogP contribution in [-0.2, 0) is 0 Å². The number of amides is 1. The Morgan fingerprint density at radius 2 is 1.81 bits per heavy atom. The third kappa shape index (κ3) is 3.49. The molecule has 0 aliphatic heterocycles. The van der Waals surface area contributed by atoms with Crippen molar-refractivity contribution < 1.29 is 14.7 Å². The van der Waals surface area contributed by atoms with E-state index in [-0.39, 0.29) is 11.5 Å². The Morgan fingerprint density at radius 1 is 1.10 bits per heavy atom. The number of carbonyl (C=O) groups excluding carboxylic acids is 1. The summed E-state index contributed by atoms with van der Waals surface area (Å²) in [7, 11) is 0. The van der Waals surface area contributed by atoms with Crippen LogP contribution in [0, 0.1) is 13.8 Å². The van der Waals surface area contributed by atoms with Gasteiger partial charge in [-0.2, -0.15) is 0 Å². The quantitative estimate of drug-likeness (QED) is 0.881. The standard InChI is InChI=1S/C16H14BrNO3/c1-9-3-4-10(2)12(7-9)15(19)18-14-8-11(16(20)21)5-6-13(14)17/h3-8H,1-2H3,(H,18,19)(H,20,21). The first-order valence-corrected chi connectivity index (χ1v) is 7.09. The van der Waals surface area contributed by atoms with E-state index in [1.807, 2.05) is 26.0 Å². The molecule has 0 aromatic heterocycles. The molecule has 4 nitrogen and oxygen atoms in total. The molecular formula is C16H14BrNO3. The van der Waals surface area contributed by atoms with Gasteiger partial charge in [0, 0.05) is 10.0 Å². The molecule has 0 unspecified atom stereocenters. The summed E-state index contributed by atoms with van der Waals surface area (Å²) in [6.07, 6.45) is 0. The Balaban J connectivity index is 2.33. The van der Waals surface area contributed by atoms with Gasteiger partial charge in [0.1, 0.15) is 0 Å². The third-order valence-electron chi connectivity index (χ3n) is 3.10. The van der Waals surface area contributed by atoms with Crippen molar-refractivity contribution >= 4 is 33.5 Å². The first kappa shape index (κ1) is 15.3. The van der Waals surface area contributed by atoms with E-state index in [0.29, 0.717) is 15.7 Å². The summed E-state index contributed by atoms with van der Waals surface area (Å²) in [5, 5.41) is 11.7. The second kappa shape index (κ2) is 6.10. The number of carboxylic acids is 1. The summed E-state index contributed by atoms with van der Waals surface area (Å²) in [6, 6.07) is 10.1. The van der Waals surface area contributed by atoms with Crippen molar-refractivity contribution in [1.29, 1.82) is 0 Å². The number of benzene rings is 2. The Hall–Kier alpha value is -2.14. The molecule has 0 atom stereocenters. The topological polar surface area (TPSA) is 66.4 Å². The summed E-state index contributed by atoms with van der Waals surface area (Å²) >= 11 is 3.31. The van der Waals surface area contributed by atoms with E-state index in [0.717, 1.165) is 11.1 Å². The van der Waals surface area contributed by atoms with E-state index in [9.17, 15) is 9.59 Å². The lowest BCUT2D eigenvalue weighted by Gasteiger charge is -2.10. The van der Waals surface area contributed by atoms with Crippen LogP contribution in [0.5, 0.6) is 0 Å². The van der Waals surface area contributed by atoms with Crippen molar-refractivity contribution in [2.45, 2.75) is 13.8 Å². The summed E-state index contributed by atoms with van der Waals surface area (Å²) in [4.78, 5) is 23.3. The minimum Gasteiger partial charge on any atom is -0.478 e. The number of rotatable bonds is 3. The van der Waals surface area contributed by atoms with Gasteiger partial charge < -0.3 is 10.4 Å². The van der Waals surface area contributed by atoms with Crippen molar-refractivity contribution in [2.24, 2.45) is 0 Å². The number of hydrogen-bond acceptors (Lipinski definition) is 2. The van der Waals surface area contributed by atoms with Crippen LogP contribution in [0.15, 0.2) is 40.9 Å². The zero-order chi connectivity index (χ0) is 15.6. The summed E-state index contributed by atoms with van der Waals surface area (Å²) in [6.45, 7) is 3.77. The fourth-order valence-electron chi connectivity index (χ4n) is 1.92. The largest absolute Gasteiger partial charge is 0.478 e. The third-order valence-corrected chi connectivity index (χ3v) is 3.79. The summed E-state index contributed by atoms with van der Waals surface area (Å²) < 4.78 is 0.631. The number of hydrogen-bond donors (Lipinski definition) is 2. The second-order valence-corrected chi connectivity index (χ2v) is 5.63. The number of aryl methyl sites for hydroxylation is 2. The Bertz CT molecular complexity index is 725. The fraction of sp³-hybridized carbons (Fsp3) is 0.125. The molecule has 0 bridgehead atoms. The predicted molar refractivity (Wildman–Crippen MR) is 85.0 cm³/mol. The molecule has 0 spiro atoms. The van der Waals surface area contributed by atoms with Gasteiger partial charge in [-0.15, -0.1) is 0 Å². The van der Waals surface area contributed by atoms with Crippen molar-refractivity contribution in [3.63, 3.8) is 0 Å². The zero-order valence-corrected chi connectivity index (χ0v) is 13.2. The van der Waals surface area contributed by atoms with Gasteiger partial charge in [0.25, 0.3) is 5.91 Å². The van der Waals surface area contributed by atoms with Crippen molar-refractivity contribution in [3.05, 3.63) is 63.1 Å². The van der Waals surface area contributed by atoms with Gasteiger partial charge >= 0.3 is 5.97 Å². The van der Waals surface area contributed by atoms with E-state index < -0.39 is 5.97 Å². The van der Waals surface area contributed by atoms with Gasteiger partial charge in [0.05, 0.1) is 11.3 Å². The number of aromatic carboxylic acids is 1. The lowest BCUT2D eigenvalue weighted by molar-refractivity contribution is 0.0696. The molecule has 0 radical (unpaired) electrons. The molecule has 0 aliphatic carbocycles. The lowest BCUT2D eigenvalue weighted by atomic mass is 10.0. The van der Waals surface area contributed by atoms with Crippen molar-refractivity contribution in [3.8, 4) is 0 Å². The average Bonchev–Trinajstić information content (AvgIpc) is 2.43. The van der Waals surface area contributed by atoms with Crippen LogP contribution in [0.1, 0.15) is 31.8 Å². The highest BCUT2D eigenvalue weighted by Gasteiger charge is 2.13. The lowest BCUT2D eigenvalue weighted by Crippen LogP contribution is -2.14. The molecule has 2 rings (SSSR count). The number of carboxylic acid groups (broad SMARTS) is 1. The van der Waals surface area contributed by atoms with E-state index in [1.165, 1.54) is 12.1 Å². The highest BCUT2D eigenvalue weighted by molar-refractivity contribution is 9.10. The maximum absolute atomic E-state index is 12.3. The van der Waals surface area contributed by atoms with Gasteiger partial charge in [-0.1, -0.05) is 17.7 Å². The normalized spacial score (nSPS) is 10.2. The minimum absolute atomic E-state index is 0.120. The van der Waals surface area contributed by atoms with E-state index in [4.69, 9.17) is 5.11 Å². The first-order valence-electron chi connectivity index (χ1n) is 6.30. The maximum atomic E-state index is 12.3. The van der Waals surface area contributed by atoms with E-state index in [2.05, 4.69) is 21.2 Å². The predicted octanol–water partition coefficient (Wildman–Crippen LogP) is 4.02. The molecule has 0 saturated heterocycles. The van der Waals surface area contributed by atoms with Crippen LogP contribution in [0.3, 0.4) is 0 Å². The Labute approximate surface area is 130 Å². The van der Waals surface area contributed by atoms with Gasteiger partial charge in [0.15, 0.2) is 0 Å². The van der Waals surface area contributed by atoms with E-state index >= 15 is 0 Å². The average molecular weight is 348 g/mol. The van der Waals surface area contributed by atoms with Crippen molar-refractivity contribution in [1.82, 2.24) is 0 Å². The first-order chi connectivity index (χ1) is 9.88. The van der Waals surface area contributed by atoms with Crippen molar-refractivity contribution in [2.75, 3.05) is 5.32 Å². The molecule has 0 saturated carbocycles. The molecule has 1 amide bonds. The van der Waals surface area contributed by atoms with Crippen LogP contribution >= 0.6 is 15.9 Å². The number of carbonyl (C=O) groups is 2. The molecule has 0 fully saturated rings. The SMILES string of the molecule is Cc1ccc(C)c(C(=O)Nc2cc(C(=O)O)ccc2Br)c1. The molecule has 108 valence electrons.